The molecule has 6 heteroatoms. The normalized spacial score (nSPS) is 11.1. The first kappa shape index (κ1) is 14.8. The molecule has 0 aliphatic rings. The number of rotatable bonds is 2. The van der Waals surface area contributed by atoms with Gasteiger partial charge in [-0.1, -0.05) is 11.6 Å². The smallest absolute Gasteiger partial charge is 0.163 e. The van der Waals surface area contributed by atoms with Gasteiger partial charge in [0.05, 0.1) is 16.9 Å². The second-order valence-electron chi connectivity index (χ2n) is 5.44. The van der Waals surface area contributed by atoms with Crippen LogP contribution < -0.4 is 0 Å². The Morgan fingerprint density at radius 3 is 2.71 bits per heavy atom. The van der Waals surface area contributed by atoms with Gasteiger partial charge in [0.2, 0.25) is 0 Å². The van der Waals surface area contributed by atoms with Crippen molar-refractivity contribution < 1.29 is 4.39 Å². The fourth-order valence-electron chi connectivity index (χ4n) is 2.71. The van der Waals surface area contributed by atoms with Crippen LogP contribution in [0.15, 0.2) is 55.1 Å². The van der Waals surface area contributed by atoms with Crippen molar-refractivity contribution in [3.8, 4) is 16.8 Å². The van der Waals surface area contributed by atoms with Crippen LogP contribution in [0.5, 0.6) is 0 Å². The number of hydrogen-bond acceptors (Lipinski definition) is 3. The summed E-state index contributed by atoms with van der Waals surface area (Å²) < 4.78 is 15.0. The molecule has 4 rings (SSSR count). The summed E-state index contributed by atoms with van der Waals surface area (Å²) in [5.74, 6) is -0.462. The van der Waals surface area contributed by atoms with Gasteiger partial charge >= 0.3 is 0 Å². The van der Waals surface area contributed by atoms with E-state index in [1.807, 2.05) is 25.3 Å². The van der Waals surface area contributed by atoms with Crippen LogP contribution >= 0.6 is 11.6 Å². The minimum absolute atomic E-state index is 0.0513. The average molecular weight is 339 g/mol. The van der Waals surface area contributed by atoms with Crippen molar-refractivity contribution in [2.24, 2.45) is 0 Å². The van der Waals surface area contributed by atoms with E-state index in [1.165, 1.54) is 12.1 Å². The first-order chi connectivity index (χ1) is 11.6. The Balaban J connectivity index is 1.94. The number of aromatic nitrogens is 4. The Bertz CT molecular complexity index is 1060. The standard InChI is InChI=1S/C18H12ClFN4/c1-11-4-6-21-9-14(11)13-5-7-22-18-15(13)10-23-24(18)12-2-3-17(20)16(19)8-12/h2-10H,1H3. The lowest BCUT2D eigenvalue weighted by molar-refractivity contribution is 0.627. The molecule has 0 N–H and O–H groups in total. The van der Waals surface area contributed by atoms with Crippen LogP contribution in [0.2, 0.25) is 5.02 Å². The van der Waals surface area contributed by atoms with Crippen LogP contribution in [-0.4, -0.2) is 19.7 Å². The van der Waals surface area contributed by atoms with Gasteiger partial charge in [0.1, 0.15) is 5.82 Å². The molecule has 0 unspecified atom stereocenters. The number of benzene rings is 1. The van der Waals surface area contributed by atoms with Crippen molar-refractivity contribution in [2.45, 2.75) is 6.92 Å². The molecule has 0 fully saturated rings. The molecule has 3 heterocycles. The van der Waals surface area contributed by atoms with E-state index in [2.05, 4.69) is 15.1 Å². The summed E-state index contributed by atoms with van der Waals surface area (Å²) in [6, 6.07) is 8.38. The number of fused-ring (bicyclic) bond motifs is 1. The summed E-state index contributed by atoms with van der Waals surface area (Å²) in [5.41, 5.74) is 4.49. The Morgan fingerprint density at radius 1 is 1.04 bits per heavy atom. The molecule has 1 aromatic carbocycles. The van der Waals surface area contributed by atoms with Gasteiger partial charge in [-0.3, -0.25) is 4.98 Å². The van der Waals surface area contributed by atoms with Crippen LogP contribution in [0.25, 0.3) is 27.8 Å². The fraction of sp³-hybridized carbons (Fsp3) is 0.0556. The Labute approximate surface area is 142 Å². The molecule has 0 radical (unpaired) electrons. The van der Waals surface area contributed by atoms with Gasteiger partial charge in [-0.15, -0.1) is 0 Å². The van der Waals surface area contributed by atoms with Crippen molar-refractivity contribution in [3.05, 3.63) is 71.5 Å². The molecule has 3 aromatic heterocycles. The predicted molar refractivity (Wildman–Crippen MR) is 91.8 cm³/mol. The van der Waals surface area contributed by atoms with Crippen molar-refractivity contribution >= 4 is 22.6 Å². The number of aryl methyl sites for hydroxylation is 1. The van der Waals surface area contributed by atoms with Gasteiger partial charge in [-0.2, -0.15) is 5.10 Å². The zero-order valence-electron chi connectivity index (χ0n) is 12.7. The Kier molecular flexibility index (Phi) is 3.50. The van der Waals surface area contributed by atoms with Crippen LogP contribution in [-0.2, 0) is 0 Å². The third-order valence-electron chi connectivity index (χ3n) is 3.95. The van der Waals surface area contributed by atoms with E-state index in [0.29, 0.717) is 11.3 Å². The van der Waals surface area contributed by atoms with Crippen molar-refractivity contribution in [3.63, 3.8) is 0 Å². The maximum absolute atomic E-state index is 13.4. The summed E-state index contributed by atoms with van der Waals surface area (Å²) in [6.45, 7) is 2.04. The highest BCUT2D eigenvalue weighted by Gasteiger charge is 2.13. The summed E-state index contributed by atoms with van der Waals surface area (Å²) in [7, 11) is 0. The Hall–Kier alpha value is -2.79. The number of pyridine rings is 2. The third-order valence-corrected chi connectivity index (χ3v) is 4.24. The highest BCUT2D eigenvalue weighted by atomic mass is 35.5. The highest BCUT2D eigenvalue weighted by molar-refractivity contribution is 6.30. The maximum atomic E-state index is 13.4. The van der Waals surface area contributed by atoms with Gasteiger partial charge in [-0.05, 0) is 48.4 Å². The molecular weight excluding hydrogens is 327 g/mol. The zero-order chi connectivity index (χ0) is 16.7. The minimum atomic E-state index is -0.462. The summed E-state index contributed by atoms with van der Waals surface area (Å²) in [5, 5.41) is 5.35. The molecule has 118 valence electrons. The van der Waals surface area contributed by atoms with E-state index in [0.717, 1.165) is 22.1 Å². The summed E-state index contributed by atoms with van der Waals surface area (Å²) >= 11 is 5.89. The molecule has 0 saturated heterocycles. The van der Waals surface area contributed by atoms with Gasteiger partial charge in [0.15, 0.2) is 5.65 Å². The molecule has 0 bridgehead atoms. The molecule has 0 aliphatic heterocycles. The fourth-order valence-corrected chi connectivity index (χ4v) is 2.89. The SMILES string of the molecule is Cc1ccncc1-c1ccnc2c1cnn2-c1ccc(F)c(Cl)c1. The topological polar surface area (TPSA) is 43.6 Å². The number of nitrogens with zero attached hydrogens (tertiary/aromatic N) is 4. The predicted octanol–water partition coefficient (Wildman–Crippen LogP) is 4.58. The second kappa shape index (κ2) is 5.69. The van der Waals surface area contributed by atoms with Crippen LogP contribution in [0.1, 0.15) is 5.56 Å². The van der Waals surface area contributed by atoms with Crippen LogP contribution in [0, 0.1) is 12.7 Å². The number of hydrogen-bond donors (Lipinski definition) is 0. The Morgan fingerprint density at radius 2 is 1.92 bits per heavy atom. The van der Waals surface area contributed by atoms with E-state index >= 15 is 0 Å². The van der Waals surface area contributed by atoms with Crippen LogP contribution in [0.4, 0.5) is 4.39 Å². The molecule has 0 amide bonds. The summed E-state index contributed by atoms with van der Waals surface area (Å²) in [4.78, 5) is 8.64. The second-order valence-corrected chi connectivity index (χ2v) is 5.85. The van der Waals surface area contributed by atoms with Crippen LogP contribution in [0.3, 0.4) is 0 Å². The van der Waals surface area contributed by atoms with Gasteiger partial charge < -0.3 is 0 Å². The number of halogens is 2. The molecular formula is C18H12ClFN4. The molecule has 24 heavy (non-hydrogen) atoms. The molecule has 0 atom stereocenters. The van der Waals surface area contributed by atoms with E-state index in [4.69, 9.17) is 11.6 Å². The summed E-state index contributed by atoms with van der Waals surface area (Å²) in [6.07, 6.45) is 7.08. The third kappa shape index (κ3) is 2.34. The molecule has 0 saturated carbocycles. The van der Waals surface area contributed by atoms with Crippen molar-refractivity contribution in [2.75, 3.05) is 0 Å². The molecule has 0 aliphatic carbocycles. The van der Waals surface area contributed by atoms with Crippen molar-refractivity contribution in [1.29, 1.82) is 0 Å². The maximum Gasteiger partial charge on any atom is 0.163 e. The lowest BCUT2D eigenvalue weighted by Gasteiger charge is -2.07. The van der Waals surface area contributed by atoms with E-state index < -0.39 is 5.82 Å². The zero-order valence-corrected chi connectivity index (χ0v) is 13.5. The molecule has 4 aromatic rings. The van der Waals surface area contributed by atoms with Gasteiger partial charge in [-0.25, -0.2) is 14.1 Å². The monoisotopic (exact) mass is 338 g/mol. The molecule has 4 nitrogen and oxygen atoms in total. The minimum Gasteiger partial charge on any atom is -0.264 e. The van der Waals surface area contributed by atoms with E-state index in [1.54, 1.807) is 29.3 Å². The first-order valence-electron chi connectivity index (χ1n) is 7.34. The first-order valence-corrected chi connectivity index (χ1v) is 7.72. The molecule has 0 spiro atoms. The van der Waals surface area contributed by atoms with E-state index in [-0.39, 0.29) is 5.02 Å². The quantitative estimate of drug-likeness (QED) is 0.537. The van der Waals surface area contributed by atoms with Gasteiger partial charge in [0, 0.05) is 29.5 Å². The lowest BCUT2D eigenvalue weighted by Crippen LogP contribution is -1.98. The lowest BCUT2D eigenvalue weighted by atomic mass is 10.0. The highest BCUT2D eigenvalue weighted by Crippen LogP contribution is 2.30. The average Bonchev–Trinajstić information content (AvgIpc) is 3.02. The van der Waals surface area contributed by atoms with Crippen molar-refractivity contribution in [1.82, 2.24) is 19.7 Å². The van der Waals surface area contributed by atoms with Gasteiger partial charge in [0.25, 0.3) is 0 Å². The largest absolute Gasteiger partial charge is 0.264 e. The van der Waals surface area contributed by atoms with E-state index in [9.17, 15) is 4.39 Å².